The highest BCUT2D eigenvalue weighted by Gasteiger charge is 2.59. The molecule has 1 aromatic heterocycles. The van der Waals surface area contributed by atoms with Crippen LogP contribution >= 0.6 is 7.92 Å². The lowest BCUT2D eigenvalue weighted by molar-refractivity contribution is -0.0785. The van der Waals surface area contributed by atoms with Crippen molar-refractivity contribution in [2.45, 2.75) is 38.3 Å². The summed E-state index contributed by atoms with van der Waals surface area (Å²) in [6.45, 7) is 4.98. The number of nitrogens with zero attached hydrogens (tertiary/aromatic N) is 1. The van der Waals surface area contributed by atoms with Crippen molar-refractivity contribution in [1.82, 2.24) is 4.98 Å². The van der Waals surface area contributed by atoms with E-state index in [0.29, 0.717) is 17.0 Å². The smallest absolute Gasteiger partial charge is 0.0444 e. The second-order valence-electron chi connectivity index (χ2n) is 8.99. The Bertz CT molecular complexity index is 883. The Hall–Kier alpha value is -1.98. The Balaban J connectivity index is 1.63. The van der Waals surface area contributed by atoms with Gasteiger partial charge in [0.1, 0.15) is 0 Å². The third-order valence-electron chi connectivity index (χ3n) is 7.35. The van der Waals surface area contributed by atoms with Crippen LogP contribution < -0.4 is 10.6 Å². The molecule has 0 aliphatic heterocycles. The average molecular weight is 385 g/mol. The Morgan fingerprint density at radius 1 is 0.786 bits per heavy atom. The van der Waals surface area contributed by atoms with Gasteiger partial charge in [-0.25, -0.2) is 0 Å². The van der Waals surface area contributed by atoms with E-state index < -0.39 is 7.92 Å². The molecule has 2 heteroatoms. The third-order valence-corrected chi connectivity index (χ3v) is 10.3. The lowest BCUT2D eigenvalue weighted by Gasteiger charge is -2.63. The molecule has 3 fully saturated rings. The van der Waals surface area contributed by atoms with Gasteiger partial charge >= 0.3 is 0 Å². The van der Waals surface area contributed by atoms with Crippen LogP contribution in [0.25, 0.3) is 0 Å². The molecule has 3 aromatic rings. The van der Waals surface area contributed by atoms with Gasteiger partial charge in [0.2, 0.25) is 0 Å². The molecule has 0 spiro atoms. The molecule has 3 saturated carbocycles. The molecule has 142 valence electrons. The zero-order valence-electron chi connectivity index (χ0n) is 16.7. The molecule has 3 aliphatic carbocycles. The molecule has 0 saturated heterocycles. The highest BCUT2D eigenvalue weighted by Crippen LogP contribution is 2.68. The second-order valence-corrected chi connectivity index (χ2v) is 11.4. The van der Waals surface area contributed by atoms with E-state index in [1.165, 1.54) is 29.1 Å². The standard InChI is InChI=1S/C26H28NP/c1-26(2)19-17-22(26)25(23-15-9-10-16-27-23)24(18-19)28(20-11-5-3-6-12-20)21-13-7-4-8-14-21/h3-16,19,22,24-25H,17-18H2,1-2H3/t19-,22+,24+,25-/m1/s1. The number of benzene rings is 2. The van der Waals surface area contributed by atoms with E-state index in [4.69, 9.17) is 4.98 Å². The predicted octanol–water partition coefficient (Wildman–Crippen LogP) is 5.73. The van der Waals surface area contributed by atoms with Gasteiger partial charge in [-0.2, -0.15) is 0 Å². The van der Waals surface area contributed by atoms with Crippen molar-refractivity contribution in [3.8, 4) is 0 Å². The van der Waals surface area contributed by atoms with Crippen LogP contribution in [-0.4, -0.2) is 10.6 Å². The molecular weight excluding hydrogens is 357 g/mol. The summed E-state index contributed by atoms with van der Waals surface area (Å²) in [4.78, 5) is 4.87. The fourth-order valence-corrected chi connectivity index (χ4v) is 8.92. The van der Waals surface area contributed by atoms with Gasteiger partial charge in [0.25, 0.3) is 0 Å². The van der Waals surface area contributed by atoms with Crippen molar-refractivity contribution in [3.63, 3.8) is 0 Å². The highest BCUT2D eigenvalue weighted by atomic mass is 31.1. The van der Waals surface area contributed by atoms with E-state index in [0.717, 1.165) is 11.8 Å². The van der Waals surface area contributed by atoms with Crippen LogP contribution in [0.2, 0.25) is 0 Å². The first-order chi connectivity index (χ1) is 13.7. The van der Waals surface area contributed by atoms with Gasteiger partial charge in [0.15, 0.2) is 0 Å². The minimum absolute atomic E-state index is 0.410. The van der Waals surface area contributed by atoms with E-state index >= 15 is 0 Å². The molecule has 0 radical (unpaired) electrons. The van der Waals surface area contributed by atoms with Gasteiger partial charge in [0.05, 0.1) is 0 Å². The molecule has 0 amide bonds. The van der Waals surface area contributed by atoms with Crippen molar-refractivity contribution in [2.24, 2.45) is 17.3 Å². The van der Waals surface area contributed by atoms with Crippen LogP contribution in [-0.2, 0) is 0 Å². The van der Waals surface area contributed by atoms with E-state index in [2.05, 4.69) is 86.6 Å². The van der Waals surface area contributed by atoms with Crippen LogP contribution in [0.15, 0.2) is 85.1 Å². The monoisotopic (exact) mass is 385 g/mol. The number of rotatable bonds is 4. The molecule has 1 nitrogen and oxygen atoms in total. The zero-order valence-corrected chi connectivity index (χ0v) is 17.6. The Morgan fingerprint density at radius 3 is 1.93 bits per heavy atom. The van der Waals surface area contributed by atoms with Gasteiger partial charge in [-0.15, -0.1) is 0 Å². The summed E-state index contributed by atoms with van der Waals surface area (Å²) >= 11 is 0. The van der Waals surface area contributed by atoms with Crippen molar-refractivity contribution < 1.29 is 0 Å². The Morgan fingerprint density at radius 2 is 1.39 bits per heavy atom. The maximum Gasteiger partial charge on any atom is 0.0444 e. The SMILES string of the molecule is CC1(C)[C@H]2C[C@H](P(c3ccccc3)c3ccccc3)[C@@H](c3ccccn3)[C@@H]1C2. The normalized spacial score (nSPS) is 28.0. The summed E-state index contributed by atoms with van der Waals surface area (Å²) in [6.07, 6.45) is 4.68. The molecule has 1 heterocycles. The summed E-state index contributed by atoms with van der Waals surface area (Å²) in [5.41, 5.74) is 2.40. The first-order valence-electron chi connectivity index (χ1n) is 10.5. The Kier molecular flexibility index (Phi) is 4.60. The average Bonchev–Trinajstić information content (AvgIpc) is 2.76. The Labute approximate surface area is 170 Å². The van der Waals surface area contributed by atoms with Gasteiger partial charge in [0, 0.05) is 17.8 Å². The summed E-state index contributed by atoms with van der Waals surface area (Å²) in [5.74, 6) is 2.14. The minimum atomic E-state index is -0.410. The summed E-state index contributed by atoms with van der Waals surface area (Å²) in [5, 5.41) is 3.02. The summed E-state index contributed by atoms with van der Waals surface area (Å²) in [7, 11) is -0.410. The molecule has 2 bridgehead atoms. The molecule has 6 rings (SSSR count). The van der Waals surface area contributed by atoms with Crippen molar-refractivity contribution in [1.29, 1.82) is 0 Å². The number of aromatic nitrogens is 1. The van der Waals surface area contributed by atoms with Crippen LogP contribution in [0.3, 0.4) is 0 Å². The molecule has 2 aromatic carbocycles. The third kappa shape index (κ3) is 2.92. The van der Waals surface area contributed by atoms with E-state index in [9.17, 15) is 0 Å². The molecule has 28 heavy (non-hydrogen) atoms. The number of hydrogen-bond donors (Lipinski definition) is 0. The van der Waals surface area contributed by atoms with Gasteiger partial charge in [-0.1, -0.05) is 80.6 Å². The fourth-order valence-electron chi connectivity index (χ4n) is 5.72. The topological polar surface area (TPSA) is 12.9 Å². The lowest BCUT2D eigenvalue weighted by Crippen LogP contribution is -2.56. The van der Waals surface area contributed by atoms with Gasteiger partial charge in [-0.3, -0.25) is 4.98 Å². The highest BCUT2D eigenvalue weighted by molar-refractivity contribution is 7.73. The molecule has 4 atom stereocenters. The zero-order chi connectivity index (χ0) is 19.1. The minimum Gasteiger partial charge on any atom is -0.261 e. The van der Waals surface area contributed by atoms with E-state index in [-0.39, 0.29) is 0 Å². The van der Waals surface area contributed by atoms with Gasteiger partial charge < -0.3 is 0 Å². The first kappa shape index (κ1) is 18.1. The second kappa shape index (κ2) is 7.12. The quantitative estimate of drug-likeness (QED) is 0.523. The maximum atomic E-state index is 4.87. The van der Waals surface area contributed by atoms with Crippen LogP contribution in [0.5, 0.6) is 0 Å². The summed E-state index contributed by atoms with van der Waals surface area (Å²) in [6, 6.07) is 29.0. The molecule has 0 unspecified atom stereocenters. The van der Waals surface area contributed by atoms with Crippen molar-refractivity contribution >= 4 is 18.5 Å². The molecule has 3 aliphatic rings. The van der Waals surface area contributed by atoms with Gasteiger partial charge in [-0.05, 0) is 66.4 Å². The number of pyridine rings is 1. The predicted molar refractivity (Wildman–Crippen MR) is 120 cm³/mol. The van der Waals surface area contributed by atoms with Crippen LogP contribution in [0.1, 0.15) is 38.3 Å². The van der Waals surface area contributed by atoms with E-state index in [1.54, 1.807) is 0 Å². The largest absolute Gasteiger partial charge is 0.261 e. The lowest BCUT2D eigenvalue weighted by atomic mass is 9.45. The van der Waals surface area contributed by atoms with Crippen molar-refractivity contribution in [2.75, 3.05) is 0 Å². The van der Waals surface area contributed by atoms with E-state index in [1.807, 2.05) is 12.3 Å². The van der Waals surface area contributed by atoms with Crippen LogP contribution in [0, 0.1) is 17.3 Å². The van der Waals surface area contributed by atoms with Crippen molar-refractivity contribution in [3.05, 3.63) is 90.8 Å². The first-order valence-corrected chi connectivity index (χ1v) is 11.9. The summed E-state index contributed by atoms with van der Waals surface area (Å²) < 4.78 is 0. The number of fused-ring (bicyclic) bond motifs is 2. The molecular formula is C26H28NP. The number of hydrogen-bond acceptors (Lipinski definition) is 1. The molecule has 0 N–H and O–H groups in total. The maximum absolute atomic E-state index is 4.87. The van der Waals surface area contributed by atoms with Crippen LogP contribution in [0.4, 0.5) is 0 Å². The fraction of sp³-hybridized carbons (Fsp3) is 0.346.